The Balaban J connectivity index is 2.61. The van der Waals surface area contributed by atoms with Gasteiger partial charge in [-0.2, -0.15) is 11.8 Å². The van der Waals surface area contributed by atoms with E-state index in [4.69, 9.17) is 5.73 Å². The highest BCUT2D eigenvalue weighted by Gasteiger charge is 2.01. The van der Waals surface area contributed by atoms with Crippen LogP contribution in [-0.2, 0) is 5.75 Å². The average molecular weight is 260 g/mol. The van der Waals surface area contributed by atoms with Gasteiger partial charge in [0.15, 0.2) is 0 Å². The molecule has 0 aliphatic carbocycles. The quantitative estimate of drug-likeness (QED) is 0.660. The molecule has 0 aliphatic rings. The normalized spacial score (nSPS) is 10.3. The van der Waals surface area contributed by atoms with Gasteiger partial charge < -0.3 is 5.73 Å². The molecular formula is C10H14BrNS. The minimum atomic E-state index is 0.828. The van der Waals surface area contributed by atoms with Crippen LogP contribution in [0.1, 0.15) is 18.9 Å². The second kappa shape index (κ2) is 5.55. The van der Waals surface area contributed by atoms with Crippen LogP contribution in [0.5, 0.6) is 0 Å². The number of nitrogens with two attached hydrogens (primary N) is 1. The van der Waals surface area contributed by atoms with E-state index in [1.54, 1.807) is 0 Å². The van der Waals surface area contributed by atoms with Crippen molar-refractivity contribution < 1.29 is 0 Å². The molecule has 0 saturated carbocycles. The highest BCUT2D eigenvalue weighted by molar-refractivity contribution is 9.10. The first-order chi connectivity index (χ1) is 6.25. The Morgan fingerprint density at radius 2 is 2.23 bits per heavy atom. The van der Waals surface area contributed by atoms with Crippen LogP contribution in [0.3, 0.4) is 0 Å². The second-order valence-electron chi connectivity index (χ2n) is 2.87. The molecule has 0 aliphatic heterocycles. The number of anilines is 1. The summed E-state index contributed by atoms with van der Waals surface area (Å²) in [4.78, 5) is 0. The molecule has 0 radical (unpaired) electrons. The fraction of sp³-hybridized carbons (Fsp3) is 0.400. The van der Waals surface area contributed by atoms with Crippen LogP contribution in [0.4, 0.5) is 5.69 Å². The molecule has 0 fully saturated rings. The van der Waals surface area contributed by atoms with E-state index in [2.05, 4.69) is 28.9 Å². The summed E-state index contributed by atoms with van der Waals surface area (Å²) in [5.74, 6) is 2.25. The van der Waals surface area contributed by atoms with E-state index in [-0.39, 0.29) is 0 Å². The van der Waals surface area contributed by atoms with Gasteiger partial charge in [0.25, 0.3) is 0 Å². The SMILES string of the molecule is CCCSCc1cccc(N)c1Br. The smallest absolute Gasteiger partial charge is 0.0461 e. The lowest BCUT2D eigenvalue weighted by Gasteiger charge is -2.05. The zero-order valence-electron chi connectivity index (χ0n) is 7.72. The summed E-state index contributed by atoms with van der Waals surface area (Å²) in [6, 6.07) is 6.03. The van der Waals surface area contributed by atoms with Gasteiger partial charge in [0, 0.05) is 15.9 Å². The molecule has 1 aromatic carbocycles. The van der Waals surface area contributed by atoms with Crippen LogP contribution in [0.2, 0.25) is 0 Å². The van der Waals surface area contributed by atoms with Crippen molar-refractivity contribution in [1.29, 1.82) is 0 Å². The van der Waals surface area contributed by atoms with Crippen molar-refractivity contribution in [1.82, 2.24) is 0 Å². The number of thioether (sulfide) groups is 1. The molecule has 0 aromatic heterocycles. The third-order valence-corrected chi connectivity index (χ3v) is 3.89. The van der Waals surface area contributed by atoms with Crippen LogP contribution in [0.15, 0.2) is 22.7 Å². The number of hydrogen-bond acceptors (Lipinski definition) is 2. The summed E-state index contributed by atoms with van der Waals surface area (Å²) in [6.45, 7) is 2.20. The summed E-state index contributed by atoms with van der Waals surface area (Å²) < 4.78 is 1.05. The van der Waals surface area contributed by atoms with E-state index in [0.29, 0.717) is 0 Å². The number of benzene rings is 1. The Kier molecular flexibility index (Phi) is 4.67. The van der Waals surface area contributed by atoms with Gasteiger partial charge in [-0.25, -0.2) is 0 Å². The van der Waals surface area contributed by atoms with E-state index in [1.807, 2.05) is 23.9 Å². The first kappa shape index (κ1) is 10.9. The van der Waals surface area contributed by atoms with Gasteiger partial charge in [0.1, 0.15) is 0 Å². The van der Waals surface area contributed by atoms with Crippen LogP contribution >= 0.6 is 27.7 Å². The Bertz CT molecular complexity index is 276. The molecule has 0 bridgehead atoms. The molecule has 0 atom stereocenters. The molecule has 72 valence electrons. The first-order valence-corrected chi connectivity index (χ1v) is 6.31. The number of nitrogen functional groups attached to an aromatic ring is 1. The van der Waals surface area contributed by atoms with Gasteiger partial charge in [0.2, 0.25) is 0 Å². The van der Waals surface area contributed by atoms with E-state index in [0.717, 1.165) is 15.9 Å². The van der Waals surface area contributed by atoms with Crippen molar-refractivity contribution in [2.45, 2.75) is 19.1 Å². The Hall–Kier alpha value is -0.150. The molecule has 13 heavy (non-hydrogen) atoms. The van der Waals surface area contributed by atoms with Crippen LogP contribution in [0.25, 0.3) is 0 Å². The Morgan fingerprint density at radius 3 is 2.92 bits per heavy atom. The van der Waals surface area contributed by atoms with Crippen molar-refractivity contribution in [3.8, 4) is 0 Å². The van der Waals surface area contributed by atoms with Gasteiger partial charge in [-0.3, -0.25) is 0 Å². The molecule has 0 unspecified atom stereocenters. The molecule has 2 N–H and O–H groups in total. The monoisotopic (exact) mass is 259 g/mol. The van der Waals surface area contributed by atoms with Crippen molar-refractivity contribution >= 4 is 33.4 Å². The topological polar surface area (TPSA) is 26.0 Å². The number of halogens is 1. The van der Waals surface area contributed by atoms with Gasteiger partial charge in [-0.05, 0) is 39.7 Å². The third kappa shape index (κ3) is 3.24. The van der Waals surface area contributed by atoms with Crippen LogP contribution < -0.4 is 5.73 Å². The zero-order chi connectivity index (χ0) is 9.68. The van der Waals surface area contributed by atoms with Crippen LogP contribution in [0, 0.1) is 0 Å². The standard InChI is InChI=1S/C10H14BrNS/c1-2-6-13-7-8-4-3-5-9(12)10(8)11/h3-5H,2,6-7,12H2,1H3. The maximum atomic E-state index is 5.77. The van der Waals surface area contributed by atoms with E-state index < -0.39 is 0 Å². The highest BCUT2D eigenvalue weighted by atomic mass is 79.9. The minimum absolute atomic E-state index is 0.828. The lowest BCUT2D eigenvalue weighted by atomic mass is 10.2. The molecule has 0 spiro atoms. The maximum Gasteiger partial charge on any atom is 0.0461 e. The summed E-state index contributed by atoms with van der Waals surface area (Å²) in [6.07, 6.45) is 1.23. The lowest BCUT2D eigenvalue weighted by molar-refractivity contribution is 1.10. The second-order valence-corrected chi connectivity index (χ2v) is 4.77. The van der Waals surface area contributed by atoms with Crippen molar-refractivity contribution in [2.75, 3.05) is 11.5 Å². The number of hydrogen-bond donors (Lipinski definition) is 1. The molecule has 1 aromatic rings. The fourth-order valence-corrected chi connectivity index (χ4v) is 2.52. The lowest BCUT2D eigenvalue weighted by Crippen LogP contribution is -1.91. The van der Waals surface area contributed by atoms with Crippen molar-refractivity contribution in [3.05, 3.63) is 28.2 Å². The summed E-state index contributed by atoms with van der Waals surface area (Å²) in [5, 5.41) is 0. The molecule has 1 nitrogen and oxygen atoms in total. The van der Waals surface area contributed by atoms with Crippen molar-refractivity contribution in [2.24, 2.45) is 0 Å². The predicted octanol–water partition coefficient (Wildman–Crippen LogP) is 3.67. The zero-order valence-corrected chi connectivity index (χ0v) is 10.1. The highest BCUT2D eigenvalue weighted by Crippen LogP contribution is 2.27. The summed E-state index contributed by atoms with van der Waals surface area (Å²) in [5.41, 5.74) is 7.89. The third-order valence-electron chi connectivity index (χ3n) is 1.71. The predicted molar refractivity (Wildman–Crippen MR) is 65.0 cm³/mol. The average Bonchev–Trinajstić information content (AvgIpc) is 2.13. The van der Waals surface area contributed by atoms with Crippen LogP contribution in [-0.4, -0.2) is 5.75 Å². The Labute approximate surface area is 92.2 Å². The molecule has 0 heterocycles. The van der Waals surface area contributed by atoms with E-state index in [9.17, 15) is 0 Å². The van der Waals surface area contributed by atoms with Crippen molar-refractivity contribution in [3.63, 3.8) is 0 Å². The Morgan fingerprint density at radius 1 is 1.46 bits per heavy atom. The molecular weight excluding hydrogens is 246 g/mol. The van der Waals surface area contributed by atoms with Gasteiger partial charge in [-0.15, -0.1) is 0 Å². The summed E-state index contributed by atoms with van der Waals surface area (Å²) >= 11 is 5.44. The maximum absolute atomic E-state index is 5.77. The first-order valence-electron chi connectivity index (χ1n) is 4.36. The van der Waals surface area contributed by atoms with Gasteiger partial charge in [-0.1, -0.05) is 19.1 Å². The molecule has 0 amide bonds. The fourth-order valence-electron chi connectivity index (χ4n) is 1.04. The van der Waals surface area contributed by atoms with Gasteiger partial charge >= 0.3 is 0 Å². The summed E-state index contributed by atoms with van der Waals surface area (Å²) in [7, 11) is 0. The minimum Gasteiger partial charge on any atom is -0.398 e. The largest absolute Gasteiger partial charge is 0.398 e. The molecule has 1 rings (SSSR count). The number of rotatable bonds is 4. The molecule has 0 saturated heterocycles. The van der Waals surface area contributed by atoms with Gasteiger partial charge in [0.05, 0.1) is 0 Å². The molecule has 3 heteroatoms. The van der Waals surface area contributed by atoms with E-state index >= 15 is 0 Å². The van der Waals surface area contributed by atoms with E-state index in [1.165, 1.54) is 17.7 Å².